The number of fused-ring (bicyclic) bond motifs is 1. The van der Waals surface area contributed by atoms with Gasteiger partial charge in [-0.2, -0.15) is 0 Å². The zero-order chi connectivity index (χ0) is 10.1. The maximum atomic E-state index is 11.2. The average Bonchev–Trinajstić information content (AvgIpc) is 2.19. The molecule has 3 nitrogen and oxygen atoms in total. The summed E-state index contributed by atoms with van der Waals surface area (Å²) in [6, 6.07) is 3.81. The molecule has 0 spiro atoms. The second-order valence-corrected chi connectivity index (χ2v) is 4.05. The summed E-state index contributed by atoms with van der Waals surface area (Å²) in [4.78, 5) is 11.2. The summed E-state index contributed by atoms with van der Waals surface area (Å²) >= 11 is 3.41. The highest BCUT2D eigenvalue weighted by molar-refractivity contribution is 9.10. The first kappa shape index (κ1) is 9.52. The van der Waals surface area contributed by atoms with Gasteiger partial charge in [0, 0.05) is 10.9 Å². The van der Waals surface area contributed by atoms with Crippen molar-refractivity contribution in [2.75, 3.05) is 12.4 Å². The van der Waals surface area contributed by atoms with Crippen molar-refractivity contribution in [3.05, 3.63) is 22.2 Å². The SMILES string of the molecule is COc1cc(Br)c2c(c1)CCC(=O)N2. The standard InChI is InChI=1S/C10H10BrNO2/c1-14-7-4-6-2-3-9(13)12-10(6)8(11)5-7/h4-5H,2-3H2,1H3,(H,12,13). The second-order valence-electron chi connectivity index (χ2n) is 3.19. The van der Waals surface area contributed by atoms with Gasteiger partial charge in [0.25, 0.3) is 0 Å². The summed E-state index contributed by atoms with van der Waals surface area (Å²) < 4.78 is 6.02. The van der Waals surface area contributed by atoms with E-state index in [1.807, 2.05) is 12.1 Å². The Morgan fingerprint density at radius 3 is 2.93 bits per heavy atom. The quantitative estimate of drug-likeness (QED) is 0.837. The van der Waals surface area contributed by atoms with Crippen LogP contribution in [0.2, 0.25) is 0 Å². The molecule has 2 rings (SSSR count). The monoisotopic (exact) mass is 255 g/mol. The van der Waals surface area contributed by atoms with Crippen molar-refractivity contribution in [2.24, 2.45) is 0 Å². The van der Waals surface area contributed by atoms with Crippen LogP contribution in [-0.2, 0) is 11.2 Å². The number of carbonyl (C=O) groups is 1. The molecule has 1 heterocycles. The van der Waals surface area contributed by atoms with Crippen molar-refractivity contribution >= 4 is 27.5 Å². The highest BCUT2D eigenvalue weighted by Crippen LogP contribution is 2.34. The van der Waals surface area contributed by atoms with Gasteiger partial charge in [0.05, 0.1) is 12.8 Å². The molecular weight excluding hydrogens is 246 g/mol. The zero-order valence-corrected chi connectivity index (χ0v) is 9.35. The van der Waals surface area contributed by atoms with E-state index in [2.05, 4.69) is 21.2 Å². The normalized spacial score (nSPS) is 14.6. The number of carbonyl (C=O) groups excluding carboxylic acids is 1. The van der Waals surface area contributed by atoms with E-state index in [9.17, 15) is 4.79 Å². The summed E-state index contributed by atoms with van der Waals surface area (Å²) in [6.07, 6.45) is 1.32. The highest BCUT2D eigenvalue weighted by Gasteiger charge is 2.18. The van der Waals surface area contributed by atoms with E-state index in [1.54, 1.807) is 7.11 Å². The van der Waals surface area contributed by atoms with E-state index < -0.39 is 0 Å². The zero-order valence-electron chi connectivity index (χ0n) is 7.76. The summed E-state index contributed by atoms with van der Waals surface area (Å²) in [5.41, 5.74) is 2.00. The summed E-state index contributed by atoms with van der Waals surface area (Å²) in [6.45, 7) is 0. The molecule has 14 heavy (non-hydrogen) atoms. The number of benzene rings is 1. The van der Waals surface area contributed by atoms with Gasteiger partial charge in [-0.1, -0.05) is 0 Å². The number of amides is 1. The molecule has 1 aromatic rings. The van der Waals surface area contributed by atoms with Gasteiger partial charge in [0.15, 0.2) is 0 Å². The van der Waals surface area contributed by atoms with E-state index in [0.29, 0.717) is 6.42 Å². The lowest BCUT2D eigenvalue weighted by Crippen LogP contribution is -2.19. The number of aryl methyl sites for hydroxylation is 1. The minimum absolute atomic E-state index is 0.0726. The first-order chi connectivity index (χ1) is 6.70. The molecule has 0 atom stereocenters. The maximum Gasteiger partial charge on any atom is 0.224 e. The fourth-order valence-electron chi connectivity index (χ4n) is 1.54. The van der Waals surface area contributed by atoms with Crippen LogP contribution in [0.25, 0.3) is 0 Å². The Bertz CT molecular complexity index is 390. The Morgan fingerprint density at radius 2 is 2.21 bits per heavy atom. The first-order valence-electron chi connectivity index (χ1n) is 4.37. The van der Waals surface area contributed by atoms with Crippen molar-refractivity contribution < 1.29 is 9.53 Å². The Hall–Kier alpha value is -1.03. The van der Waals surface area contributed by atoms with Crippen LogP contribution in [0.15, 0.2) is 16.6 Å². The third kappa shape index (κ3) is 1.62. The molecule has 1 amide bonds. The molecule has 0 saturated heterocycles. The van der Waals surface area contributed by atoms with E-state index >= 15 is 0 Å². The van der Waals surface area contributed by atoms with Crippen molar-refractivity contribution in [1.29, 1.82) is 0 Å². The Morgan fingerprint density at radius 1 is 1.43 bits per heavy atom. The van der Waals surface area contributed by atoms with Crippen LogP contribution in [0.3, 0.4) is 0 Å². The van der Waals surface area contributed by atoms with Gasteiger partial charge in [-0.25, -0.2) is 0 Å². The molecule has 0 fully saturated rings. The van der Waals surface area contributed by atoms with E-state index in [-0.39, 0.29) is 5.91 Å². The average molecular weight is 256 g/mol. The predicted octanol–water partition coefficient (Wildman–Crippen LogP) is 2.34. The number of hydrogen-bond donors (Lipinski definition) is 1. The minimum atomic E-state index is 0.0726. The molecule has 0 bridgehead atoms. The Kier molecular flexibility index (Phi) is 2.46. The van der Waals surface area contributed by atoms with Gasteiger partial charge >= 0.3 is 0 Å². The number of nitrogens with one attached hydrogen (secondary N) is 1. The predicted molar refractivity (Wildman–Crippen MR) is 57.6 cm³/mol. The number of hydrogen-bond acceptors (Lipinski definition) is 2. The van der Waals surface area contributed by atoms with Crippen LogP contribution < -0.4 is 10.1 Å². The van der Waals surface area contributed by atoms with Gasteiger partial charge < -0.3 is 10.1 Å². The maximum absolute atomic E-state index is 11.2. The lowest BCUT2D eigenvalue weighted by molar-refractivity contribution is -0.116. The lowest BCUT2D eigenvalue weighted by Gasteiger charge is -2.18. The molecule has 74 valence electrons. The smallest absolute Gasteiger partial charge is 0.224 e. The van der Waals surface area contributed by atoms with Gasteiger partial charge in [0.1, 0.15) is 5.75 Å². The van der Waals surface area contributed by atoms with Crippen LogP contribution >= 0.6 is 15.9 Å². The summed E-state index contributed by atoms with van der Waals surface area (Å²) in [7, 11) is 1.63. The molecule has 0 unspecified atom stereocenters. The largest absolute Gasteiger partial charge is 0.497 e. The highest BCUT2D eigenvalue weighted by atomic mass is 79.9. The van der Waals surface area contributed by atoms with Crippen LogP contribution in [0.4, 0.5) is 5.69 Å². The van der Waals surface area contributed by atoms with Crippen molar-refractivity contribution in [2.45, 2.75) is 12.8 Å². The Labute approximate surface area is 90.6 Å². The van der Waals surface area contributed by atoms with E-state index in [0.717, 1.165) is 27.9 Å². The van der Waals surface area contributed by atoms with Gasteiger partial charge in [-0.05, 0) is 40.0 Å². The molecule has 0 radical (unpaired) electrons. The molecule has 4 heteroatoms. The fraction of sp³-hybridized carbons (Fsp3) is 0.300. The number of rotatable bonds is 1. The summed E-state index contributed by atoms with van der Waals surface area (Å²) in [5, 5.41) is 2.84. The van der Waals surface area contributed by atoms with Crippen LogP contribution in [0, 0.1) is 0 Å². The third-order valence-electron chi connectivity index (χ3n) is 2.27. The van der Waals surface area contributed by atoms with Crippen molar-refractivity contribution in [3.8, 4) is 5.75 Å². The molecule has 1 aliphatic rings. The van der Waals surface area contributed by atoms with Crippen molar-refractivity contribution in [3.63, 3.8) is 0 Å². The van der Waals surface area contributed by atoms with Gasteiger partial charge in [-0.15, -0.1) is 0 Å². The number of anilines is 1. The van der Waals surface area contributed by atoms with Crippen LogP contribution in [0.5, 0.6) is 5.75 Å². The van der Waals surface area contributed by atoms with E-state index in [1.165, 1.54) is 0 Å². The molecule has 1 aliphatic heterocycles. The third-order valence-corrected chi connectivity index (χ3v) is 2.89. The van der Waals surface area contributed by atoms with Gasteiger partial charge in [-0.3, -0.25) is 4.79 Å². The van der Waals surface area contributed by atoms with Crippen LogP contribution in [-0.4, -0.2) is 13.0 Å². The van der Waals surface area contributed by atoms with E-state index in [4.69, 9.17) is 4.74 Å². The lowest BCUT2D eigenvalue weighted by atomic mass is 10.0. The minimum Gasteiger partial charge on any atom is -0.497 e. The first-order valence-corrected chi connectivity index (χ1v) is 5.16. The molecular formula is C10H10BrNO2. The number of methoxy groups -OCH3 is 1. The number of ether oxygens (including phenoxy) is 1. The molecule has 0 aromatic heterocycles. The Balaban J connectivity index is 2.48. The molecule has 1 aromatic carbocycles. The van der Waals surface area contributed by atoms with Gasteiger partial charge in [0.2, 0.25) is 5.91 Å². The molecule has 0 aliphatic carbocycles. The fourth-order valence-corrected chi connectivity index (χ4v) is 2.12. The number of halogens is 1. The second kappa shape index (κ2) is 3.61. The molecule has 0 saturated carbocycles. The molecule has 1 N–H and O–H groups in total. The van der Waals surface area contributed by atoms with Crippen molar-refractivity contribution in [1.82, 2.24) is 0 Å². The van der Waals surface area contributed by atoms with Crippen LogP contribution in [0.1, 0.15) is 12.0 Å². The summed E-state index contributed by atoms with van der Waals surface area (Å²) in [5.74, 6) is 0.884. The topological polar surface area (TPSA) is 38.3 Å².